The highest BCUT2D eigenvalue weighted by Gasteiger charge is 2.29. The Morgan fingerprint density at radius 1 is 1.08 bits per heavy atom. The summed E-state index contributed by atoms with van der Waals surface area (Å²) in [6.45, 7) is 3.42. The maximum atomic E-state index is 12.6. The Morgan fingerprint density at radius 2 is 1.69 bits per heavy atom. The number of rotatable bonds is 8. The van der Waals surface area contributed by atoms with Gasteiger partial charge in [-0.3, -0.25) is 9.59 Å². The molecule has 0 atom stereocenters. The molecule has 0 bridgehead atoms. The monoisotopic (exact) mass is 381 g/mol. The van der Waals surface area contributed by atoms with Crippen LogP contribution in [0.15, 0.2) is 35.2 Å². The number of sulfonamides is 1. The van der Waals surface area contributed by atoms with Crippen LogP contribution in [-0.4, -0.2) is 50.7 Å². The Hall–Kier alpha value is -1.93. The zero-order valence-corrected chi connectivity index (χ0v) is 15.9. The smallest absolute Gasteiger partial charge is 0.243 e. The van der Waals surface area contributed by atoms with Crippen molar-refractivity contribution in [1.29, 1.82) is 0 Å². The molecule has 0 aromatic heterocycles. The third-order valence-corrected chi connectivity index (χ3v) is 6.39. The van der Waals surface area contributed by atoms with Gasteiger partial charge in [0.2, 0.25) is 21.8 Å². The Bertz CT molecular complexity index is 698. The number of carbonyl (C=O) groups is 2. The number of hydrogen-bond donors (Lipinski definition) is 2. The summed E-state index contributed by atoms with van der Waals surface area (Å²) in [6, 6.07) is 8.44. The Kier molecular flexibility index (Phi) is 7.59. The number of nitrogens with zero attached hydrogens (tertiary/aromatic N) is 1. The van der Waals surface area contributed by atoms with E-state index in [4.69, 9.17) is 0 Å². The first-order valence-electron chi connectivity index (χ1n) is 8.96. The lowest BCUT2D eigenvalue weighted by molar-refractivity contribution is -0.122. The van der Waals surface area contributed by atoms with Gasteiger partial charge in [-0.25, -0.2) is 8.42 Å². The normalized spacial score (nSPS) is 16.2. The predicted octanol–water partition coefficient (Wildman–Crippen LogP) is 1.12. The molecule has 1 aromatic rings. The number of carbonyl (C=O) groups excluding carboxylic acids is 2. The minimum absolute atomic E-state index is 0.0165. The van der Waals surface area contributed by atoms with Crippen molar-refractivity contribution in [2.24, 2.45) is 5.92 Å². The summed E-state index contributed by atoms with van der Waals surface area (Å²) in [5, 5.41) is 5.53. The van der Waals surface area contributed by atoms with Gasteiger partial charge in [0.05, 0.1) is 4.90 Å². The second kappa shape index (κ2) is 9.68. The highest BCUT2D eigenvalue weighted by Crippen LogP contribution is 2.25. The number of hydrogen-bond acceptors (Lipinski definition) is 4. The fourth-order valence-electron chi connectivity index (χ4n) is 3.01. The predicted molar refractivity (Wildman–Crippen MR) is 98.9 cm³/mol. The molecule has 1 heterocycles. The minimum atomic E-state index is -3.44. The molecule has 0 saturated carbocycles. The van der Waals surface area contributed by atoms with E-state index in [1.807, 2.05) is 0 Å². The summed E-state index contributed by atoms with van der Waals surface area (Å²) < 4.78 is 26.7. The zero-order valence-electron chi connectivity index (χ0n) is 15.1. The van der Waals surface area contributed by atoms with Crippen molar-refractivity contribution in [1.82, 2.24) is 14.9 Å². The van der Waals surface area contributed by atoms with Crippen LogP contribution in [0.4, 0.5) is 0 Å². The van der Waals surface area contributed by atoms with Crippen LogP contribution in [0.5, 0.6) is 0 Å². The lowest BCUT2D eigenvalue weighted by atomic mass is 9.94. The van der Waals surface area contributed by atoms with E-state index >= 15 is 0 Å². The molecule has 144 valence electrons. The fourth-order valence-corrected chi connectivity index (χ4v) is 4.50. The van der Waals surface area contributed by atoms with Gasteiger partial charge in [-0.15, -0.1) is 0 Å². The van der Waals surface area contributed by atoms with Crippen LogP contribution in [0.25, 0.3) is 0 Å². The van der Waals surface area contributed by atoms with Crippen LogP contribution in [0, 0.1) is 5.92 Å². The Balaban J connectivity index is 1.71. The summed E-state index contributed by atoms with van der Waals surface area (Å²) >= 11 is 0. The van der Waals surface area contributed by atoms with Gasteiger partial charge < -0.3 is 10.6 Å². The van der Waals surface area contributed by atoms with Gasteiger partial charge >= 0.3 is 0 Å². The molecule has 26 heavy (non-hydrogen) atoms. The third-order valence-electron chi connectivity index (χ3n) is 4.48. The number of benzene rings is 1. The van der Waals surface area contributed by atoms with E-state index < -0.39 is 10.0 Å². The molecule has 2 amide bonds. The summed E-state index contributed by atoms with van der Waals surface area (Å²) in [7, 11) is -3.44. The van der Waals surface area contributed by atoms with Crippen LogP contribution in [0.1, 0.15) is 32.6 Å². The van der Waals surface area contributed by atoms with Gasteiger partial charge in [-0.2, -0.15) is 4.31 Å². The molecule has 1 aliphatic heterocycles. The second-order valence-corrected chi connectivity index (χ2v) is 8.49. The topological polar surface area (TPSA) is 95.6 Å². The first kappa shape index (κ1) is 20.4. The van der Waals surface area contributed by atoms with E-state index in [2.05, 4.69) is 10.6 Å². The van der Waals surface area contributed by atoms with Gasteiger partial charge in [0.25, 0.3) is 0 Å². The van der Waals surface area contributed by atoms with Gasteiger partial charge in [-0.1, -0.05) is 18.2 Å². The second-order valence-electron chi connectivity index (χ2n) is 6.55. The Morgan fingerprint density at radius 3 is 2.31 bits per heavy atom. The van der Waals surface area contributed by atoms with Gasteiger partial charge in [0, 0.05) is 39.5 Å². The molecule has 0 radical (unpaired) electrons. The number of nitrogens with one attached hydrogen (secondary N) is 2. The minimum Gasteiger partial charge on any atom is -0.356 e. The van der Waals surface area contributed by atoms with Crippen molar-refractivity contribution in [3.05, 3.63) is 30.3 Å². The molecule has 1 aliphatic rings. The fraction of sp³-hybridized carbons (Fsp3) is 0.556. The van der Waals surface area contributed by atoms with Crippen LogP contribution in [-0.2, 0) is 19.6 Å². The molecule has 2 N–H and O–H groups in total. The van der Waals surface area contributed by atoms with Crippen molar-refractivity contribution in [3.63, 3.8) is 0 Å². The molecule has 7 nitrogen and oxygen atoms in total. The molecule has 1 aromatic carbocycles. The quantitative estimate of drug-likeness (QED) is 0.660. The van der Waals surface area contributed by atoms with Crippen LogP contribution in [0.3, 0.4) is 0 Å². The van der Waals surface area contributed by atoms with Gasteiger partial charge in [0.1, 0.15) is 0 Å². The first-order valence-corrected chi connectivity index (χ1v) is 10.4. The number of piperidine rings is 1. The van der Waals surface area contributed by atoms with E-state index in [9.17, 15) is 18.0 Å². The molecule has 0 aliphatic carbocycles. The van der Waals surface area contributed by atoms with Crippen molar-refractivity contribution in [2.75, 3.05) is 26.2 Å². The summed E-state index contributed by atoms with van der Waals surface area (Å²) in [5.41, 5.74) is 0. The summed E-state index contributed by atoms with van der Waals surface area (Å²) in [5.74, 6) is 0.110. The van der Waals surface area contributed by atoms with Crippen molar-refractivity contribution in [3.8, 4) is 0 Å². The Labute approximate surface area is 155 Å². The highest BCUT2D eigenvalue weighted by molar-refractivity contribution is 7.89. The molecular formula is C18H27N3O4S. The van der Waals surface area contributed by atoms with E-state index in [1.54, 1.807) is 30.3 Å². The molecule has 0 spiro atoms. The van der Waals surface area contributed by atoms with Crippen molar-refractivity contribution < 1.29 is 18.0 Å². The van der Waals surface area contributed by atoms with E-state index in [-0.39, 0.29) is 17.7 Å². The maximum absolute atomic E-state index is 12.6. The van der Waals surface area contributed by atoms with Crippen molar-refractivity contribution in [2.45, 2.75) is 37.5 Å². The molecular weight excluding hydrogens is 354 g/mol. The lowest BCUT2D eigenvalue weighted by Crippen LogP contribution is -2.39. The van der Waals surface area contributed by atoms with Crippen molar-refractivity contribution >= 4 is 21.8 Å². The van der Waals surface area contributed by atoms with Crippen LogP contribution >= 0.6 is 0 Å². The molecule has 0 unspecified atom stereocenters. The maximum Gasteiger partial charge on any atom is 0.243 e. The van der Waals surface area contributed by atoms with E-state index in [0.717, 1.165) is 0 Å². The zero-order chi connectivity index (χ0) is 19.0. The third kappa shape index (κ3) is 6.10. The molecule has 1 saturated heterocycles. The first-order chi connectivity index (χ1) is 12.4. The standard InChI is InChI=1S/C18H27N3O4S/c1-15(22)19-10-5-11-20-18(23)14-16-8-12-21(13-9-16)26(24,25)17-6-3-2-4-7-17/h2-4,6-7,16H,5,8-14H2,1H3,(H,19,22)(H,20,23). The lowest BCUT2D eigenvalue weighted by Gasteiger charge is -2.31. The molecule has 1 fully saturated rings. The van der Waals surface area contributed by atoms with Gasteiger partial charge in [0.15, 0.2) is 0 Å². The SMILES string of the molecule is CC(=O)NCCCNC(=O)CC1CCN(S(=O)(=O)c2ccccc2)CC1. The van der Waals surface area contributed by atoms with E-state index in [0.29, 0.717) is 56.8 Å². The average Bonchev–Trinajstić information content (AvgIpc) is 2.62. The largest absolute Gasteiger partial charge is 0.356 e. The molecule has 8 heteroatoms. The van der Waals surface area contributed by atoms with Crippen LogP contribution in [0.2, 0.25) is 0 Å². The van der Waals surface area contributed by atoms with Crippen LogP contribution < -0.4 is 10.6 Å². The van der Waals surface area contributed by atoms with E-state index in [1.165, 1.54) is 11.2 Å². The summed E-state index contributed by atoms with van der Waals surface area (Å²) in [4.78, 5) is 23.0. The highest BCUT2D eigenvalue weighted by atomic mass is 32.2. The summed E-state index contributed by atoms with van der Waals surface area (Å²) in [6.07, 6.45) is 2.48. The average molecular weight is 381 g/mol. The van der Waals surface area contributed by atoms with Gasteiger partial charge in [-0.05, 0) is 37.3 Å². The number of amides is 2. The molecule has 2 rings (SSSR count).